The molecule has 0 saturated heterocycles. The summed E-state index contributed by atoms with van der Waals surface area (Å²) in [4.78, 5) is -5.95. The Morgan fingerprint density at radius 1 is 0.786 bits per heavy atom. The molecule has 1 atom stereocenters. The average molecular weight is 519 g/mol. The van der Waals surface area contributed by atoms with Gasteiger partial charge in [0.25, 0.3) is 6.08 Å². The fourth-order valence-corrected chi connectivity index (χ4v) is 1.97. The van der Waals surface area contributed by atoms with E-state index in [1.807, 2.05) is 0 Å². The van der Waals surface area contributed by atoms with Gasteiger partial charge in [0.05, 0.1) is 5.57 Å². The molecule has 0 aromatic rings. The maximum absolute atomic E-state index is 13.8. The van der Waals surface area contributed by atoms with Gasteiger partial charge in [0.1, 0.15) is 0 Å². The van der Waals surface area contributed by atoms with Crippen molar-refractivity contribution in [2.45, 2.75) is 40.4 Å². The van der Waals surface area contributed by atoms with Crippen LogP contribution in [-0.2, 0) is 0 Å². The third kappa shape index (κ3) is 3.81. The monoisotopic (exact) mass is 518 g/mol. The van der Waals surface area contributed by atoms with E-state index >= 15 is 0 Å². The molecule has 166 valence electrons. The van der Waals surface area contributed by atoms with Crippen LogP contribution in [0.1, 0.15) is 0 Å². The highest BCUT2D eigenvalue weighted by atomic mass is 79.9. The van der Waals surface area contributed by atoms with Crippen molar-refractivity contribution in [2.75, 3.05) is 0 Å². The highest BCUT2D eigenvalue weighted by Gasteiger charge is 2.91. The van der Waals surface area contributed by atoms with E-state index in [0.717, 1.165) is 15.9 Å². The SMILES string of the molecule is C=C(F)F.FC(F)(F)C1(F)C(C(F)(F)C(F)(F)Br)=CC(F)(F)C(F)(F)C1(F)F. The van der Waals surface area contributed by atoms with Gasteiger partial charge in [-0.25, -0.2) is 4.39 Å². The van der Waals surface area contributed by atoms with Crippen LogP contribution in [0.15, 0.2) is 24.3 Å². The van der Waals surface area contributed by atoms with Crippen LogP contribution in [0.3, 0.4) is 0 Å². The second-order valence-corrected chi connectivity index (χ2v) is 5.89. The summed E-state index contributed by atoms with van der Waals surface area (Å²) in [6, 6.07) is 0. The van der Waals surface area contributed by atoms with Crippen molar-refractivity contribution in [3.8, 4) is 0 Å². The van der Waals surface area contributed by atoms with Gasteiger partial charge in [-0.3, -0.25) is 0 Å². The summed E-state index contributed by atoms with van der Waals surface area (Å²) in [6.07, 6.45) is -11.5. The summed E-state index contributed by atoms with van der Waals surface area (Å²) in [5, 5.41) is 0. The molecule has 0 N–H and O–H groups in total. The minimum absolute atomic E-state index is 0.722. The van der Waals surface area contributed by atoms with E-state index < -0.39 is 58.1 Å². The first-order valence-electron chi connectivity index (χ1n) is 5.89. The van der Waals surface area contributed by atoms with Crippen LogP contribution in [-0.4, -0.2) is 40.4 Å². The van der Waals surface area contributed by atoms with Gasteiger partial charge in [-0.1, -0.05) is 0 Å². The molecule has 0 saturated carbocycles. The minimum atomic E-state index is -7.53. The van der Waals surface area contributed by atoms with Crippen LogP contribution in [0.2, 0.25) is 0 Å². The molecule has 0 bridgehead atoms. The van der Waals surface area contributed by atoms with E-state index in [9.17, 15) is 70.2 Å². The molecule has 1 aliphatic rings. The van der Waals surface area contributed by atoms with Gasteiger partial charge < -0.3 is 0 Å². The quantitative estimate of drug-likeness (QED) is 0.207. The Labute approximate surface area is 152 Å². The minimum Gasteiger partial charge on any atom is -0.221 e. The molecule has 28 heavy (non-hydrogen) atoms. The molecule has 17 heteroatoms. The Kier molecular flexibility index (Phi) is 6.68. The number of hydrogen-bond donors (Lipinski definition) is 0. The van der Waals surface area contributed by atoms with Crippen LogP contribution in [0.4, 0.5) is 70.2 Å². The molecule has 0 aromatic heterocycles. The zero-order valence-corrected chi connectivity index (χ0v) is 13.8. The zero-order valence-electron chi connectivity index (χ0n) is 12.2. The molecule has 0 aliphatic heterocycles. The highest BCUT2D eigenvalue weighted by Crippen LogP contribution is 2.66. The fourth-order valence-electron chi connectivity index (χ4n) is 1.76. The summed E-state index contributed by atoms with van der Waals surface area (Å²) in [5.74, 6) is -27.8. The van der Waals surface area contributed by atoms with Crippen molar-refractivity contribution in [3.63, 3.8) is 0 Å². The lowest BCUT2D eigenvalue weighted by Gasteiger charge is -2.47. The van der Waals surface area contributed by atoms with E-state index in [1.54, 1.807) is 0 Å². The first-order valence-corrected chi connectivity index (χ1v) is 6.69. The van der Waals surface area contributed by atoms with E-state index in [0.29, 0.717) is 0 Å². The first-order chi connectivity index (χ1) is 11.8. The molecule has 0 radical (unpaired) electrons. The van der Waals surface area contributed by atoms with Gasteiger partial charge in [-0.15, -0.1) is 0 Å². The van der Waals surface area contributed by atoms with Crippen molar-refractivity contribution in [1.82, 2.24) is 0 Å². The van der Waals surface area contributed by atoms with Crippen molar-refractivity contribution in [3.05, 3.63) is 24.3 Å². The number of alkyl halides is 15. The largest absolute Gasteiger partial charge is 0.433 e. The van der Waals surface area contributed by atoms with Crippen molar-refractivity contribution >= 4 is 15.9 Å². The molecule has 0 nitrogen and oxygen atoms in total. The molecule has 0 spiro atoms. The fraction of sp³-hybridized carbons (Fsp3) is 0.636. The third-order valence-electron chi connectivity index (χ3n) is 3.03. The summed E-state index contributed by atoms with van der Waals surface area (Å²) >= 11 is 0.722. The van der Waals surface area contributed by atoms with Gasteiger partial charge in [0.2, 0.25) is 0 Å². The second-order valence-electron chi connectivity index (χ2n) is 4.90. The summed E-state index contributed by atoms with van der Waals surface area (Å²) < 4.78 is 202. The molecule has 1 aliphatic carbocycles. The van der Waals surface area contributed by atoms with Crippen LogP contribution >= 0.6 is 15.9 Å². The van der Waals surface area contributed by atoms with Crippen LogP contribution in [0.5, 0.6) is 0 Å². The van der Waals surface area contributed by atoms with Crippen LogP contribution in [0, 0.1) is 0 Å². The lowest BCUT2D eigenvalue weighted by Crippen LogP contribution is -2.73. The van der Waals surface area contributed by atoms with E-state index in [-0.39, 0.29) is 0 Å². The average Bonchev–Trinajstić information content (AvgIpc) is 2.38. The van der Waals surface area contributed by atoms with Gasteiger partial charge in [0, 0.05) is 6.08 Å². The van der Waals surface area contributed by atoms with Crippen molar-refractivity contribution in [2.24, 2.45) is 0 Å². The Morgan fingerprint density at radius 3 is 1.36 bits per heavy atom. The molecular weight excluding hydrogens is 516 g/mol. The molecule has 1 unspecified atom stereocenters. The van der Waals surface area contributed by atoms with Gasteiger partial charge in [-0.2, -0.15) is 65.9 Å². The maximum atomic E-state index is 13.8. The number of hydrogen-bond acceptors (Lipinski definition) is 0. The molecular formula is C11H3BrF16. The highest BCUT2D eigenvalue weighted by molar-refractivity contribution is 9.10. The smallest absolute Gasteiger partial charge is 0.221 e. The van der Waals surface area contributed by atoms with Crippen LogP contribution in [0.25, 0.3) is 0 Å². The molecule has 0 heterocycles. The summed E-state index contributed by atoms with van der Waals surface area (Å²) in [5.41, 5.74) is -11.4. The predicted octanol–water partition coefficient (Wildman–Crippen LogP) is 7.12. The Balaban J connectivity index is 0.00000165. The van der Waals surface area contributed by atoms with E-state index in [1.165, 1.54) is 0 Å². The molecule has 0 aromatic carbocycles. The maximum Gasteiger partial charge on any atom is 0.433 e. The number of halogens is 17. The first kappa shape index (κ1) is 26.8. The lowest BCUT2D eigenvalue weighted by molar-refractivity contribution is -0.386. The topological polar surface area (TPSA) is 0 Å². The number of rotatable bonds is 2. The van der Waals surface area contributed by atoms with Crippen molar-refractivity contribution in [1.29, 1.82) is 0 Å². The van der Waals surface area contributed by atoms with Gasteiger partial charge >= 0.3 is 40.4 Å². The normalized spacial score (nSPS) is 26.7. The zero-order chi connectivity index (χ0) is 23.4. The predicted molar refractivity (Wildman–Crippen MR) is 63.0 cm³/mol. The second kappa shape index (κ2) is 6.97. The molecule has 1 rings (SSSR count). The molecule has 0 amide bonds. The van der Waals surface area contributed by atoms with Crippen LogP contribution < -0.4 is 0 Å². The summed E-state index contributed by atoms with van der Waals surface area (Å²) in [7, 11) is 0. The summed E-state index contributed by atoms with van der Waals surface area (Å²) in [6.45, 7) is 2.22. The lowest BCUT2D eigenvalue weighted by atomic mass is 9.74. The van der Waals surface area contributed by atoms with Gasteiger partial charge in [0.15, 0.2) is 0 Å². The van der Waals surface area contributed by atoms with E-state index in [2.05, 4.69) is 6.58 Å². The van der Waals surface area contributed by atoms with Gasteiger partial charge in [-0.05, 0) is 22.5 Å². The Hall–Kier alpha value is -1.16. The van der Waals surface area contributed by atoms with E-state index in [4.69, 9.17) is 0 Å². The van der Waals surface area contributed by atoms with Crippen molar-refractivity contribution < 1.29 is 70.2 Å². The Morgan fingerprint density at radius 2 is 1.11 bits per heavy atom. The Bertz CT molecular complexity index is 634. The number of allylic oxidation sites excluding steroid dienone is 2. The standard InChI is InChI=1S/C9HBrF14.C2H2F2/c10-8(20,21)5(14,15)2-1-3(11,12)6(16,17)7(18,19)4(2,13)9(22,23)24;1-2(3)4/h1H;1H2. The third-order valence-corrected chi connectivity index (χ3v) is 3.53. The molecule has 0 fully saturated rings.